The molecule has 0 radical (unpaired) electrons. The second kappa shape index (κ2) is 4.32. The maximum Gasteiger partial charge on any atom is 0.239 e. The molecule has 1 heterocycles. The van der Waals surface area contributed by atoms with Gasteiger partial charge in [0.2, 0.25) is 11.8 Å². The summed E-state index contributed by atoms with van der Waals surface area (Å²) < 4.78 is 4.84. The van der Waals surface area contributed by atoms with Crippen LogP contribution in [0.5, 0.6) is 0 Å². The van der Waals surface area contributed by atoms with Gasteiger partial charge in [0.15, 0.2) is 0 Å². The third-order valence-corrected chi connectivity index (χ3v) is 2.52. The van der Waals surface area contributed by atoms with E-state index in [1.165, 1.54) is 11.8 Å². The molecule has 1 rings (SSSR count). The minimum Gasteiger partial charge on any atom is -0.338 e. The molecule has 0 aliphatic carbocycles. The number of hydrogen-bond acceptors (Lipinski definition) is 4. The first kappa shape index (κ1) is 10.1. The van der Waals surface area contributed by atoms with Crippen LogP contribution in [0.25, 0.3) is 0 Å². The van der Waals surface area contributed by atoms with E-state index in [0.717, 1.165) is 5.69 Å². The molecule has 1 unspecified atom stereocenters. The molecule has 1 aromatic heterocycles. The van der Waals surface area contributed by atoms with Crippen molar-refractivity contribution in [2.75, 3.05) is 11.6 Å². The van der Waals surface area contributed by atoms with Gasteiger partial charge in [-0.05, 0) is 20.1 Å². The molecule has 4 nitrogen and oxygen atoms in total. The van der Waals surface area contributed by atoms with Crippen molar-refractivity contribution in [1.82, 2.24) is 5.16 Å². The Kier molecular flexibility index (Phi) is 3.36. The number of hydrogen-bond donors (Lipinski definition) is 1. The minimum absolute atomic E-state index is 0.0661. The zero-order valence-electron chi connectivity index (χ0n) is 7.83. The number of carbonyl (C=O) groups is 1. The van der Waals surface area contributed by atoms with Gasteiger partial charge in [-0.15, -0.1) is 0 Å². The van der Waals surface area contributed by atoms with Crippen LogP contribution in [-0.4, -0.2) is 22.6 Å². The Morgan fingerprint density at radius 3 is 2.92 bits per heavy atom. The lowest BCUT2D eigenvalue weighted by Gasteiger charge is -2.05. The number of nitrogens with zero attached hydrogens (tertiary/aromatic N) is 1. The van der Waals surface area contributed by atoms with Gasteiger partial charge in [0.1, 0.15) is 0 Å². The highest BCUT2D eigenvalue weighted by molar-refractivity contribution is 7.99. The van der Waals surface area contributed by atoms with Gasteiger partial charge in [0.25, 0.3) is 0 Å². The van der Waals surface area contributed by atoms with E-state index in [-0.39, 0.29) is 11.2 Å². The maximum absolute atomic E-state index is 11.3. The topological polar surface area (TPSA) is 55.1 Å². The van der Waals surface area contributed by atoms with Gasteiger partial charge in [-0.25, -0.2) is 0 Å². The Bertz CT molecular complexity index is 298. The normalized spacial score (nSPS) is 12.5. The van der Waals surface area contributed by atoms with Crippen molar-refractivity contribution >= 4 is 23.6 Å². The second-order valence-corrected chi connectivity index (χ2v) is 3.88. The van der Waals surface area contributed by atoms with E-state index in [0.29, 0.717) is 5.88 Å². The predicted molar refractivity (Wildman–Crippen MR) is 52.8 cm³/mol. The van der Waals surface area contributed by atoms with Crippen molar-refractivity contribution in [3.63, 3.8) is 0 Å². The lowest BCUT2D eigenvalue weighted by molar-refractivity contribution is -0.115. The molecule has 0 saturated carbocycles. The fourth-order valence-electron chi connectivity index (χ4n) is 0.753. The first-order valence-corrected chi connectivity index (χ1v) is 5.19. The van der Waals surface area contributed by atoms with Gasteiger partial charge in [-0.3, -0.25) is 10.1 Å². The fraction of sp³-hybridized carbons (Fsp3) is 0.500. The molecular formula is C8H12N2O2S. The number of thioether (sulfide) groups is 1. The summed E-state index contributed by atoms with van der Waals surface area (Å²) in [6.45, 7) is 3.64. The summed E-state index contributed by atoms with van der Waals surface area (Å²) in [5, 5.41) is 6.20. The van der Waals surface area contributed by atoms with Crippen molar-refractivity contribution in [2.24, 2.45) is 0 Å². The van der Waals surface area contributed by atoms with Crippen molar-refractivity contribution < 1.29 is 9.32 Å². The van der Waals surface area contributed by atoms with Crippen LogP contribution in [0.15, 0.2) is 10.6 Å². The molecule has 0 spiro atoms. The van der Waals surface area contributed by atoms with Crippen molar-refractivity contribution in [3.8, 4) is 0 Å². The van der Waals surface area contributed by atoms with E-state index in [4.69, 9.17) is 4.52 Å². The fourth-order valence-corrected chi connectivity index (χ4v) is 1.03. The lowest BCUT2D eigenvalue weighted by Crippen LogP contribution is -2.21. The summed E-state index contributed by atoms with van der Waals surface area (Å²) in [7, 11) is 0. The smallest absolute Gasteiger partial charge is 0.239 e. The van der Waals surface area contributed by atoms with Crippen molar-refractivity contribution in [2.45, 2.75) is 19.1 Å². The number of nitrogens with one attached hydrogen (secondary N) is 1. The first-order chi connectivity index (χ1) is 6.13. The van der Waals surface area contributed by atoms with Gasteiger partial charge in [0.05, 0.1) is 10.9 Å². The SMILES string of the molecule is CSC(C)C(=O)Nc1cc(C)no1. The molecule has 0 fully saturated rings. The molecule has 1 aromatic rings. The predicted octanol–water partition coefficient (Wildman–Crippen LogP) is 1.67. The Balaban J connectivity index is 2.54. The average Bonchev–Trinajstić information content (AvgIpc) is 2.49. The summed E-state index contributed by atoms with van der Waals surface area (Å²) in [4.78, 5) is 11.3. The molecule has 1 amide bonds. The van der Waals surface area contributed by atoms with Gasteiger partial charge in [-0.2, -0.15) is 11.8 Å². The van der Waals surface area contributed by atoms with Crippen LogP contribution in [0.1, 0.15) is 12.6 Å². The number of carbonyl (C=O) groups excluding carboxylic acids is 1. The van der Waals surface area contributed by atoms with Gasteiger partial charge in [0, 0.05) is 6.07 Å². The Hall–Kier alpha value is -0.970. The molecule has 0 bridgehead atoms. The summed E-state index contributed by atoms with van der Waals surface area (Å²) in [5.41, 5.74) is 0.757. The zero-order valence-corrected chi connectivity index (χ0v) is 8.64. The number of amides is 1. The molecule has 0 aliphatic heterocycles. The van der Waals surface area contributed by atoms with E-state index in [1.54, 1.807) is 13.0 Å². The average molecular weight is 200 g/mol. The highest BCUT2D eigenvalue weighted by atomic mass is 32.2. The Labute approximate surface area is 81.1 Å². The second-order valence-electron chi connectivity index (χ2n) is 2.70. The molecule has 0 saturated heterocycles. The summed E-state index contributed by atoms with van der Waals surface area (Å²) in [5.74, 6) is 0.340. The summed E-state index contributed by atoms with van der Waals surface area (Å²) in [6, 6.07) is 1.69. The molecule has 1 atom stereocenters. The summed E-state index contributed by atoms with van der Waals surface area (Å²) in [6.07, 6.45) is 1.88. The quantitative estimate of drug-likeness (QED) is 0.806. The maximum atomic E-state index is 11.3. The van der Waals surface area contributed by atoms with Crippen LogP contribution >= 0.6 is 11.8 Å². The number of aromatic nitrogens is 1. The third kappa shape index (κ3) is 2.77. The van der Waals surface area contributed by atoms with E-state index in [1.807, 2.05) is 13.2 Å². The van der Waals surface area contributed by atoms with Gasteiger partial charge < -0.3 is 4.52 Å². The van der Waals surface area contributed by atoms with E-state index >= 15 is 0 Å². The monoisotopic (exact) mass is 200 g/mol. The van der Waals surface area contributed by atoms with E-state index in [2.05, 4.69) is 10.5 Å². The number of anilines is 1. The number of aryl methyl sites for hydroxylation is 1. The highest BCUT2D eigenvalue weighted by Crippen LogP contribution is 2.12. The molecule has 5 heteroatoms. The van der Waals surface area contributed by atoms with Crippen LogP contribution in [0.2, 0.25) is 0 Å². The van der Waals surface area contributed by atoms with Crippen molar-refractivity contribution in [1.29, 1.82) is 0 Å². The van der Waals surface area contributed by atoms with Gasteiger partial charge >= 0.3 is 0 Å². The van der Waals surface area contributed by atoms with Crippen LogP contribution in [0.3, 0.4) is 0 Å². The van der Waals surface area contributed by atoms with Crippen LogP contribution in [0.4, 0.5) is 5.88 Å². The van der Waals surface area contributed by atoms with Gasteiger partial charge in [-0.1, -0.05) is 5.16 Å². The summed E-state index contributed by atoms with van der Waals surface area (Å²) >= 11 is 1.48. The Morgan fingerprint density at radius 1 is 1.77 bits per heavy atom. The molecular weight excluding hydrogens is 188 g/mol. The minimum atomic E-state index is -0.0783. The lowest BCUT2D eigenvalue weighted by atomic mass is 10.4. The molecule has 0 aliphatic rings. The van der Waals surface area contributed by atoms with Crippen LogP contribution in [-0.2, 0) is 4.79 Å². The third-order valence-electron chi connectivity index (χ3n) is 1.60. The van der Waals surface area contributed by atoms with Crippen molar-refractivity contribution in [3.05, 3.63) is 11.8 Å². The van der Waals surface area contributed by atoms with E-state index in [9.17, 15) is 4.79 Å². The standard InChI is InChI=1S/C8H12N2O2S/c1-5-4-7(12-10-5)9-8(11)6(2)13-3/h4,6H,1-3H3,(H,9,11). The molecule has 1 N–H and O–H groups in total. The zero-order chi connectivity index (χ0) is 9.84. The first-order valence-electron chi connectivity index (χ1n) is 3.90. The molecule has 0 aromatic carbocycles. The molecule has 72 valence electrons. The molecule has 13 heavy (non-hydrogen) atoms. The Morgan fingerprint density at radius 2 is 2.46 bits per heavy atom. The highest BCUT2D eigenvalue weighted by Gasteiger charge is 2.12. The largest absolute Gasteiger partial charge is 0.338 e. The number of rotatable bonds is 3. The van der Waals surface area contributed by atoms with Crippen LogP contribution < -0.4 is 5.32 Å². The van der Waals surface area contributed by atoms with Crippen LogP contribution in [0, 0.1) is 6.92 Å². The van der Waals surface area contributed by atoms with E-state index < -0.39 is 0 Å².